The Kier molecular flexibility index (Phi) is 7.10. The van der Waals surface area contributed by atoms with E-state index in [0.717, 1.165) is 12.0 Å². The van der Waals surface area contributed by atoms with Gasteiger partial charge in [-0.1, -0.05) is 11.6 Å². The van der Waals surface area contributed by atoms with E-state index in [0.29, 0.717) is 40.3 Å². The van der Waals surface area contributed by atoms with Crippen molar-refractivity contribution in [2.45, 2.75) is 25.8 Å². The van der Waals surface area contributed by atoms with Crippen molar-refractivity contribution >= 4 is 45.9 Å². The van der Waals surface area contributed by atoms with Crippen molar-refractivity contribution in [1.82, 2.24) is 9.88 Å². The van der Waals surface area contributed by atoms with Gasteiger partial charge in [-0.25, -0.2) is 4.98 Å². The second-order valence-electron chi connectivity index (χ2n) is 7.63. The number of furan rings is 1. The molecule has 0 N–H and O–H groups in total. The zero-order valence-electron chi connectivity index (χ0n) is 18.0. The first kappa shape index (κ1) is 23.0. The average molecular weight is 488 g/mol. The number of likely N-dealkylation sites (N-methyl/N-ethyl adjacent to an activating group) is 1. The molecule has 0 spiro atoms. The summed E-state index contributed by atoms with van der Waals surface area (Å²) in [6.45, 7) is 0.513. The van der Waals surface area contributed by atoms with Crippen LogP contribution in [0, 0.1) is 0 Å². The summed E-state index contributed by atoms with van der Waals surface area (Å²) in [5.41, 5.74) is 1.40. The number of nitrogens with zero attached hydrogens (tertiary/aromatic N) is 3. The number of benzene rings is 1. The fraction of sp³-hybridized carbons (Fsp3) is 0.304. The number of aromatic nitrogens is 1. The molecule has 1 aliphatic heterocycles. The van der Waals surface area contributed by atoms with E-state index in [1.54, 1.807) is 35.5 Å². The Balaban J connectivity index is 1.24. The lowest BCUT2D eigenvalue weighted by Gasteiger charge is -2.15. The maximum atomic E-state index is 12.4. The fourth-order valence-corrected chi connectivity index (χ4v) is 4.35. The van der Waals surface area contributed by atoms with Gasteiger partial charge in [-0.3, -0.25) is 19.3 Å². The van der Waals surface area contributed by atoms with Crippen LogP contribution in [0.1, 0.15) is 24.3 Å². The van der Waals surface area contributed by atoms with Crippen molar-refractivity contribution < 1.29 is 23.5 Å². The molecular formula is C23H22ClN3O5S. The summed E-state index contributed by atoms with van der Waals surface area (Å²) in [4.78, 5) is 43.7. The Hall–Kier alpha value is -3.17. The van der Waals surface area contributed by atoms with E-state index in [-0.39, 0.29) is 31.4 Å². The Bertz CT molecular complexity index is 1160. The number of esters is 1. The molecule has 0 radical (unpaired) electrons. The Morgan fingerprint density at radius 3 is 2.76 bits per heavy atom. The zero-order chi connectivity index (χ0) is 23.4. The first-order valence-corrected chi connectivity index (χ1v) is 11.6. The number of hydrogen-bond donors (Lipinski definition) is 0. The Labute approximate surface area is 199 Å². The van der Waals surface area contributed by atoms with Crippen LogP contribution in [0.15, 0.2) is 46.2 Å². The highest BCUT2D eigenvalue weighted by molar-refractivity contribution is 7.14. The highest BCUT2D eigenvalue weighted by atomic mass is 35.5. The van der Waals surface area contributed by atoms with Crippen molar-refractivity contribution in [3.8, 4) is 11.3 Å². The number of rotatable bonds is 8. The van der Waals surface area contributed by atoms with Gasteiger partial charge in [0.15, 0.2) is 11.7 Å². The summed E-state index contributed by atoms with van der Waals surface area (Å²) in [6, 6.07) is 10.9. The van der Waals surface area contributed by atoms with E-state index in [1.807, 2.05) is 18.2 Å². The van der Waals surface area contributed by atoms with E-state index in [2.05, 4.69) is 4.98 Å². The van der Waals surface area contributed by atoms with Gasteiger partial charge in [0, 0.05) is 36.0 Å². The van der Waals surface area contributed by atoms with E-state index in [4.69, 9.17) is 20.8 Å². The zero-order valence-corrected chi connectivity index (χ0v) is 19.5. The van der Waals surface area contributed by atoms with Crippen LogP contribution in [0.4, 0.5) is 5.13 Å². The van der Waals surface area contributed by atoms with Gasteiger partial charge in [-0.15, -0.1) is 11.3 Å². The first-order chi connectivity index (χ1) is 15.9. The molecule has 2 amide bonds. The van der Waals surface area contributed by atoms with Crippen LogP contribution in [0.3, 0.4) is 0 Å². The summed E-state index contributed by atoms with van der Waals surface area (Å²) >= 11 is 7.23. The van der Waals surface area contributed by atoms with Crippen molar-refractivity contribution in [3.63, 3.8) is 0 Å². The van der Waals surface area contributed by atoms with Crippen molar-refractivity contribution in [2.75, 3.05) is 25.1 Å². The number of thiazole rings is 1. The summed E-state index contributed by atoms with van der Waals surface area (Å²) < 4.78 is 10.9. The monoisotopic (exact) mass is 487 g/mol. The van der Waals surface area contributed by atoms with Gasteiger partial charge in [0.05, 0.1) is 18.7 Å². The second kappa shape index (κ2) is 10.2. The number of anilines is 1. The molecule has 3 aromatic rings. The third kappa shape index (κ3) is 5.80. The Morgan fingerprint density at radius 1 is 1.24 bits per heavy atom. The topological polar surface area (TPSA) is 93.0 Å². The fourth-order valence-electron chi connectivity index (χ4n) is 3.36. The third-order valence-electron chi connectivity index (χ3n) is 5.14. The summed E-state index contributed by atoms with van der Waals surface area (Å²) in [6.07, 6.45) is 1.27. The summed E-state index contributed by atoms with van der Waals surface area (Å²) in [5, 5.41) is 2.96. The molecule has 0 atom stereocenters. The molecule has 33 heavy (non-hydrogen) atoms. The maximum absolute atomic E-state index is 12.4. The largest absolute Gasteiger partial charge is 0.459 e. The molecule has 3 heterocycles. The lowest BCUT2D eigenvalue weighted by Crippen LogP contribution is -2.31. The quantitative estimate of drug-likeness (QED) is 0.447. The predicted molar refractivity (Wildman–Crippen MR) is 124 cm³/mol. The van der Waals surface area contributed by atoms with E-state index in [9.17, 15) is 14.4 Å². The van der Waals surface area contributed by atoms with Gasteiger partial charge in [-0.2, -0.15) is 0 Å². The van der Waals surface area contributed by atoms with Crippen LogP contribution in [-0.4, -0.2) is 47.9 Å². The lowest BCUT2D eigenvalue weighted by molar-refractivity contribution is -0.151. The molecule has 0 unspecified atom stereocenters. The van der Waals surface area contributed by atoms with Crippen LogP contribution < -0.4 is 4.90 Å². The molecule has 1 aromatic carbocycles. The first-order valence-electron chi connectivity index (χ1n) is 10.4. The number of halogens is 1. The molecule has 0 aliphatic carbocycles. The van der Waals surface area contributed by atoms with Crippen molar-refractivity contribution in [3.05, 3.63) is 58.3 Å². The minimum atomic E-state index is -0.552. The number of ether oxygens (including phenoxy) is 1. The van der Waals surface area contributed by atoms with Crippen LogP contribution in [0.2, 0.25) is 5.02 Å². The Morgan fingerprint density at radius 2 is 2.03 bits per heavy atom. The smallest absolute Gasteiger partial charge is 0.312 e. The second-order valence-corrected chi connectivity index (χ2v) is 8.90. The normalized spacial score (nSPS) is 13.4. The molecule has 0 bridgehead atoms. The minimum absolute atomic E-state index is 0.0453. The predicted octanol–water partition coefficient (Wildman–Crippen LogP) is 3.93. The van der Waals surface area contributed by atoms with Crippen LogP contribution in [0.5, 0.6) is 0 Å². The van der Waals surface area contributed by atoms with E-state index >= 15 is 0 Å². The molecule has 8 nitrogen and oxygen atoms in total. The highest BCUT2D eigenvalue weighted by Gasteiger charge is 2.24. The molecular weight excluding hydrogens is 466 g/mol. The van der Waals surface area contributed by atoms with E-state index in [1.165, 1.54) is 16.2 Å². The van der Waals surface area contributed by atoms with Crippen LogP contribution in [-0.2, 0) is 32.1 Å². The average Bonchev–Trinajstić information content (AvgIpc) is 3.54. The number of hydrogen-bond acceptors (Lipinski definition) is 7. The summed E-state index contributed by atoms with van der Waals surface area (Å²) in [7, 11) is 1.61. The standard InChI is InChI=1S/C23H22ClN3O5S/c1-26(12-18-8-9-19(32-18)15-4-6-16(24)7-5-15)21(29)13-31-22(30)11-17-14-33-23(25-17)27-10-2-3-20(27)28/h4-9,14H,2-3,10-13H2,1H3. The summed E-state index contributed by atoms with van der Waals surface area (Å²) in [5.74, 6) is 0.420. The molecule has 1 aliphatic rings. The lowest BCUT2D eigenvalue weighted by atomic mass is 10.2. The third-order valence-corrected chi connectivity index (χ3v) is 6.30. The number of carbonyl (C=O) groups excluding carboxylic acids is 3. The van der Waals surface area contributed by atoms with Gasteiger partial charge in [0.1, 0.15) is 11.5 Å². The van der Waals surface area contributed by atoms with Gasteiger partial charge in [0.2, 0.25) is 5.91 Å². The minimum Gasteiger partial charge on any atom is -0.459 e. The molecule has 2 aromatic heterocycles. The molecule has 1 saturated heterocycles. The number of amides is 2. The van der Waals surface area contributed by atoms with Gasteiger partial charge < -0.3 is 14.1 Å². The molecule has 172 valence electrons. The van der Waals surface area contributed by atoms with Crippen LogP contribution >= 0.6 is 22.9 Å². The van der Waals surface area contributed by atoms with Crippen molar-refractivity contribution in [1.29, 1.82) is 0 Å². The van der Waals surface area contributed by atoms with Crippen LogP contribution in [0.25, 0.3) is 11.3 Å². The van der Waals surface area contributed by atoms with Gasteiger partial charge in [0.25, 0.3) is 5.91 Å². The van der Waals surface area contributed by atoms with E-state index < -0.39 is 5.97 Å². The molecule has 0 saturated carbocycles. The van der Waals surface area contributed by atoms with Gasteiger partial charge >= 0.3 is 5.97 Å². The molecule has 4 rings (SSSR count). The van der Waals surface area contributed by atoms with Gasteiger partial charge in [-0.05, 0) is 42.8 Å². The highest BCUT2D eigenvalue weighted by Crippen LogP contribution is 2.26. The maximum Gasteiger partial charge on any atom is 0.312 e. The number of carbonyl (C=O) groups is 3. The molecule has 1 fully saturated rings. The molecule has 10 heteroatoms. The van der Waals surface area contributed by atoms with Crippen molar-refractivity contribution in [2.24, 2.45) is 0 Å². The SMILES string of the molecule is CN(Cc1ccc(-c2ccc(Cl)cc2)o1)C(=O)COC(=O)Cc1csc(N2CCCC2=O)n1.